The number of carbonyl (C=O) groups is 1. The number of aromatic nitrogens is 2. The summed E-state index contributed by atoms with van der Waals surface area (Å²) in [7, 11) is 3.06. The molecule has 2 rings (SSSR count). The van der Waals surface area contributed by atoms with E-state index in [0.717, 1.165) is 17.3 Å². The second-order valence-corrected chi connectivity index (χ2v) is 5.80. The summed E-state index contributed by atoms with van der Waals surface area (Å²) in [6.45, 7) is 1.83. The van der Waals surface area contributed by atoms with E-state index in [1.807, 2.05) is 6.92 Å². The first-order valence-corrected chi connectivity index (χ1v) is 7.58. The minimum absolute atomic E-state index is 0.0368. The van der Waals surface area contributed by atoms with Crippen LogP contribution in [0.3, 0.4) is 0 Å². The van der Waals surface area contributed by atoms with E-state index in [0.29, 0.717) is 16.5 Å². The molecule has 0 saturated heterocycles. The molecule has 0 radical (unpaired) electrons. The Morgan fingerprint density at radius 3 is 2.91 bits per heavy atom. The molecule has 1 heterocycles. The molecule has 9 heteroatoms. The number of hydrogen-bond donors (Lipinski definition) is 1. The molecule has 0 aliphatic rings. The number of aryl methyl sites for hydroxylation is 2. The summed E-state index contributed by atoms with van der Waals surface area (Å²) in [5.41, 5.74) is 1.34. The fraction of sp³-hybridized carbons (Fsp3) is 0.308. The fourth-order valence-corrected chi connectivity index (χ4v) is 2.58. The van der Waals surface area contributed by atoms with Crippen molar-refractivity contribution in [2.45, 2.75) is 11.9 Å². The highest BCUT2D eigenvalue weighted by molar-refractivity contribution is 7.99. The normalized spacial score (nSPS) is 10.5. The molecule has 1 aromatic heterocycles. The summed E-state index contributed by atoms with van der Waals surface area (Å²) in [5.74, 6) is -0.352. The third-order valence-corrected chi connectivity index (χ3v) is 4.33. The molecule has 0 unspecified atom stereocenters. The number of nitrogens with zero attached hydrogens (tertiary/aromatic N) is 2. The zero-order valence-electron chi connectivity index (χ0n) is 12.2. The minimum atomic E-state index is -0.569. The maximum atomic E-state index is 12.0. The van der Waals surface area contributed by atoms with Gasteiger partial charge in [0.1, 0.15) is 5.75 Å². The first-order chi connectivity index (χ1) is 10.4. The lowest BCUT2D eigenvalue weighted by Gasteiger charge is -2.11. The van der Waals surface area contributed by atoms with E-state index >= 15 is 0 Å². The highest BCUT2D eigenvalue weighted by Gasteiger charge is 2.17. The lowest BCUT2D eigenvalue weighted by molar-refractivity contribution is -0.772. The average molecular weight is 344 g/mol. The predicted molar refractivity (Wildman–Crippen MR) is 79.2 cm³/mol. The number of benzene rings is 1. The van der Waals surface area contributed by atoms with Crippen molar-refractivity contribution in [1.29, 1.82) is 0 Å². The highest BCUT2D eigenvalue weighted by Crippen LogP contribution is 2.31. The number of nitrogens with one attached hydrogen (secondary N) is 1. The lowest BCUT2D eigenvalue weighted by atomic mass is 10.2. The first kappa shape index (κ1) is 16.4. The van der Waals surface area contributed by atoms with Gasteiger partial charge in [0, 0.05) is 11.1 Å². The number of amides is 1. The molecule has 2 aromatic rings. The van der Waals surface area contributed by atoms with Crippen LogP contribution in [0.25, 0.3) is 0 Å². The van der Waals surface area contributed by atoms with E-state index in [-0.39, 0.29) is 16.7 Å². The number of rotatable bonds is 5. The Balaban J connectivity index is 2.05. The third kappa shape index (κ3) is 3.63. The van der Waals surface area contributed by atoms with Gasteiger partial charge in [-0.1, -0.05) is 16.3 Å². The zero-order chi connectivity index (χ0) is 16.3. The molecule has 0 fully saturated rings. The molecule has 0 aliphatic heterocycles. The van der Waals surface area contributed by atoms with Crippen LogP contribution in [0, 0.1) is 6.92 Å². The van der Waals surface area contributed by atoms with Gasteiger partial charge in [0.2, 0.25) is 5.91 Å². The van der Waals surface area contributed by atoms with Crippen molar-refractivity contribution in [2.24, 2.45) is 7.05 Å². The maximum Gasteiger partial charge on any atom is 0.291 e. The van der Waals surface area contributed by atoms with Gasteiger partial charge >= 0.3 is 0 Å². The Bertz CT molecular complexity index is 685. The van der Waals surface area contributed by atoms with Crippen molar-refractivity contribution in [2.75, 3.05) is 18.2 Å². The summed E-state index contributed by atoms with van der Waals surface area (Å²) in [6, 6.07) is 3.36. The van der Waals surface area contributed by atoms with Gasteiger partial charge in [0.05, 0.1) is 23.8 Å². The minimum Gasteiger partial charge on any atom is -0.538 e. The Kier molecular flexibility index (Phi) is 5.15. The number of halogens is 1. The van der Waals surface area contributed by atoms with Crippen molar-refractivity contribution in [3.05, 3.63) is 22.7 Å². The Hall–Kier alpha value is -1.93. The van der Waals surface area contributed by atoms with Gasteiger partial charge in [-0.05, 0) is 30.3 Å². The van der Waals surface area contributed by atoms with Crippen LogP contribution in [0.2, 0.25) is 5.02 Å². The SMILES string of the molecule is COc1cc(Cl)c(C)cc1NC(=O)CSc1c([O-])on[n+]1C. The Morgan fingerprint density at radius 2 is 2.32 bits per heavy atom. The summed E-state index contributed by atoms with van der Waals surface area (Å²) < 4.78 is 11.0. The van der Waals surface area contributed by atoms with Crippen LogP contribution < -0.4 is 19.8 Å². The molecule has 0 atom stereocenters. The average Bonchev–Trinajstić information content (AvgIpc) is 2.79. The predicted octanol–water partition coefficient (Wildman–Crippen LogP) is 1.27. The molecule has 0 saturated carbocycles. The van der Waals surface area contributed by atoms with Gasteiger partial charge in [-0.2, -0.15) is 0 Å². The van der Waals surface area contributed by atoms with E-state index in [2.05, 4.69) is 15.1 Å². The number of ether oxygens (including phenoxy) is 1. The van der Waals surface area contributed by atoms with Gasteiger partial charge < -0.3 is 19.7 Å². The molecule has 1 N–H and O–H groups in total. The van der Waals surface area contributed by atoms with Crippen LogP contribution in [0.1, 0.15) is 5.56 Å². The fourth-order valence-electron chi connectivity index (χ4n) is 1.71. The molecule has 0 aliphatic carbocycles. The summed E-state index contributed by atoms with van der Waals surface area (Å²) in [5, 5.41) is 18.4. The van der Waals surface area contributed by atoms with E-state index < -0.39 is 5.95 Å². The van der Waals surface area contributed by atoms with Crippen molar-refractivity contribution < 1.29 is 23.8 Å². The zero-order valence-corrected chi connectivity index (χ0v) is 13.7. The van der Waals surface area contributed by atoms with Crippen molar-refractivity contribution in [3.63, 3.8) is 0 Å². The Labute approximate surface area is 136 Å². The van der Waals surface area contributed by atoms with E-state index in [9.17, 15) is 9.90 Å². The first-order valence-electron chi connectivity index (χ1n) is 6.22. The number of thioether (sulfide) groups is 1. The Morgan fingerprint density at radius 1 is 1.59 bits per heavy atom. The van der Waals surface area contributed by atoms with Crippen molar-refractivity contribution in [3.8, 4) is 11.7 Å². The molecule has 7 nitrogen and oxygen atoms in total. The standard InChI is InChI=1S/C13H14ClN3O4S/c1-7-4-9(10(20-3)5-8(7)14)15-11(18)6-22-12-13(19)21-16-17(12)2/h4-5H,6H2,1-3H3,(H-,15,16,18,19). The highest BCUT2D eigenvalue weighted by atomic mass is 35.5. The van der Waals surface area contributed by atoms with Gasteiger partial charge in [-0.15, -0.1) is 0 Å². The van der Waals surface area contributed by atoms with Gasteiger partial charge in [-0.25, -0.2) is 0 Å². The smallest absolute Gasteiger partial charge is 0.291 e. The van der Waals surface area contributed by atoms with Crippen LogP contribution >= 0.6 is 23.4 Å². The molecule has 0 spiro atoms. The molecular weight excluding hydrogens is 330 g/mol. The topological polar surface area (TPSA) is 91.3 Å². The van der Waals surface area contributed by atoms with Crippen LogP contribution in [0.4, 0.5) is 5.69 Å². The lowest BCUT2D eigenvalue weighted by Crippen LogP contribution is -2.32. The van der Waals surface area contributed by atoms with E-state index in [4.69, 9.17) is 16.3 Å². The van der Waals surface area contributed by atoms with Crippen molar-refractivity contribution >= 4 is 35.0 Å². The summed E-state index contributed by atoms with van der Waals surface area (Å²) in [4.78, 5) is 12.0. The van der Waals surface area contributed by atoms with E-state index in [1.165, 1.54) is 11.8 Å². The molecule has 22 heavy (non-hydrogen) atoms. The maximum absolute atomic E-state index is 12.0. The molecule has 1 aromatic carbocycles. The van der Waals surface area contributed by atoms with Crippen LogP contribution in [0.15, 0.2) is 21.7 Å². The van der Waals surface area contributed by atoms with Crippen LogP contribution in [0.5, 0.6) is 11.7 Å². The molecule has 118 valence electrons. The van der Waals surface area contributed by atoms with E-state index in [1.54, 1.807) is 19.2 Å². The second kappa shape index (κ2) is 6.89. The number of carbonyl (C=O) groups excluding carboxylic acids is 1. The number of hydrogen-bond acceptors (Lipinski definition) is 6. The van der Waals surface area contributed by atoms with Gasteiger partial charge in [0.15, 0.2) is 13.0 Å². The van der Waals surface area contributed by atoms with Gasteiger partial charge in [-0.3, -0.25) is 4.79 Å². The summed E-state index contributed by atoms with van der Waals surface area (Å²) in [6.07, 6.45) is 0. The second-order valence-electron chi connectivity index (χ2n) is 4.43. The number of anilines is 1. The number of methoxy groups -OCH3 is 1. The quantitative estimate of drug-likeness (QED) is 0.649. The van der Waals surface area contributed by atoms with Crippen molar-refractivity contribution in [1.82, 2.24) is 5.27 Å². The van der Waals surface area contributed by atoms with Crippen LogP contribution in [-0.2, 0) is 11.8 Å². The largest absolute Gasteiger partial charge is 0.538 e. The monoisotopic (exact) mass is 343 g/mol. The molecule has 1 amide bonds. The third-order valence-electron chi connectivity index (χ3n) is 2.81. The van der Waals surface area contributed by atoms with Crippen LogP contribution in [-0.4, -0.2) is 24.0 Å². The summed E-state index contributed by atoms with van der Waals surface area (Å²) >= 11 is 7.06. The molecular formula is C13H14ClN3O4S. The van der Waals surface area contributed by atoms with Gasteiger partial charge in [0.25, 0.3) is 5.03 Å². The molecule has 0 bridgehead atoms.